The fraction of sp³-hybridized carbons (Fsp3) is 0.538. The number of morpholine rings is 1. The first-order chi connectivity index (χ1) is 16.9. The predicted octanol–water partition coefficient (Wildman–Crippen LogP) is 4.09. The highest BCUT2D eigenvalue weighted by Gasteiger charge is 2.26. The Bertz CT molecular complexity index is 1040. The van der Waals surface area contributed by atoms with Crippen LogP contribution in [-0.2, 0) is 4.74 Å². The molecule has 3 heterocycles. The number of amides is 2. The number of anilines is 3. The Morgan fingerprint density at radius 1 is 1.26 bits per heavy atom. The van der Waals surface area contributed by atoms with Gasteiger partial charge in [0.25, 0.3) is 0 Å². The molecule has 2 atom stereocenters. The molecule has 4 rings (SSSR count). The van der Waals surface area contributed by atoms with Crippen LogP contribution < -0.4 is 15.5 Å². The van der Waals surface area contributed by atoms with Gasteiger partial charge in [0.05, 0.1) is 19.8 Å². The summed E-state index contributed by atoms with van der Waals surface area (Å²) >= 11 is 0. The predicted molar refractivity (Wildman–Crippen MR) is 137 cm³/mol. The van der Waals surface area contributed by atoms with Crippen LogP contribution in [0.3, 0.4) is 0 Å². The highest BCUT2D eigenvalue weighted by Crippen LogP contribution is 2.35. The standard InChI is InChI=1S/C26H36FN5O3/c1-4-19-7-8-32(15-19)26(34)29-20-6-5-17(2)21(13-20)22-14-23(31-9-11-35-12-10-31)30-25(24(22)27)28-18(3)16-33/h5-6,13-14,18-19,33H,4,7-12,15-16H2,1-3H3,(H,28,30)(H,29,34)/t18-,19-/m1/s1. The molecular weight excluding hydrogens is 449 g/mol. The highest BCUT2D eigenvalue weighted by molar-refractivity contribution is 5.91. The fourth-order valence-corrected chi connectivity index (χ4v) is 4.58. The number of aliphatic hydroxyl groups is 1. The molecular formula is C26H36FN5O3. The van der Waals surface area contributed by atoms with E-state index < -0.39 is 5.82 Å². The smallest absolute Gasteiger partial charge is 0.321 e. The number of hydrogen-bond donors (Lipinski definition) is 3. The van der Waals surface area contributed by atoms with E-state index in [1.807, 2.05) is 30.0 Å². The van der Waals surface area contributed by atoms with E-state index in [4.69, 9.17) is 4.74 Å². The van der Waals surface area contributed by atoms with Crippen molar-refractivity contribution in [2.45, 2.75) is 39.7 Å². The minimum atomic E-state index is -0.487. The van der Waals surface area contributed by atoms with E-state index in [1.165, 1.54) is 0 Å². The SMILES string of the molecule is CC[C@@H]1CCN(C(=O)Nc2ccc(C)c(-c3cc(N4CCOCC4)nc(N[C@H](C)CO)c3F)c2)C1. The molecule has 0 spiro atoms. The Balaban J connectivity index is 1.67. The van der Waals surface area contributed by atoms with Crippen LogP contribution in [0.25, 0.3) is 11.1 Å². The number of pyridine rings is 1. The number of benzene rings is 1. The van der Waals surface area contributed by atoms with Crippen LogP contribution in [-0.4, -0.2) is 73.1 Å². The van der Waals surface area contributed by atoms with E-state index in [0.717, 1.165) is 31.5 Å². The molecule has 1 aromatic carbocycles. The van der Waals surface area contributed by atoms with Crippen LogP contribution >= 0.6 is 0 Å². The normalized spacial score (nSPS) is 19.1. The first kappa shape index (κ1) is 25.2. The molecule has 0 bridgehead atoms. The summed E-state index contributed by atoms with van der Waals surface area (Å²) in [4.78, 5) is 21.3. The summed E-state index contributed by atoms with van der Waals surface area (Å²) in [5, 5.41) is 15.5. The lowest BCUT2D eigenvalue weighted by Gasteiger charge is -2.29. The van der Waals surface area contributed by atoms with Crippen molar-refractivity contribution in [2.24, 2.45) is 5.92 Å². The molecule has 8 nitrogen and oxygen atoms in total. The number of ether oxygens (including phenoxy) is 1. The van der Waals surface area contributed by atoms with Crippen molar-refractivity contribution < 1.29 is 19.0 Å². The Labute approximate surface area is 206 Å². The van der Waals surface area contributed by atoms with Crippen LogP contribution in [0, 0.1) is 18.7 Å². The number of halogens is 1. The molecule has 3 N–H and O–H groups in total. The van der Waals surface area contributed by atoms with E-state index in [0.29, 0.717) is 54.9 Å². The van der Waals surface area contributed by atoms with Crippen LogP contribution in [0.5, 0.6) is 0 Å². The van der Waals surface area contributed by atoms with Gasteiger partial charge in [0.15, 0.2) is 11.6 Å². The zero-order chi connectivity index (χ0) is 24.9. The molecule has 0 unspecified atom stereocenters. The average Bonchev–Trinajstić information content (AvgIpc) is 3.36. The number of likely N-dealkylation sites (tertiary alicyclic amines) is 1. The van der Waals surface area contributed by atoms with Gasteiger partial charge in [-0.2, -0.15) is 0 Å². The van der Waals surface area contributed by atoms with Gasteiger partial charge in [0.1, 0.15) is 5.82 Å². The van der Waals surface area contributed by atoms with Gasteiger partial charge in [0.2, 0.25) is 0 Å². The zero-order valence-corrected chi connectivity index (χ0v) is 20.8. The lowest BCUT2D eigenvalue weighted by Crippen LogP contribution is -2.37. The van der Waals surface area contributed by atoms with Crippen molar-refractivity contribution in [3.05, 3.63) is 35.6 Å². The van der Waals surface area contributed by atoms with Gasteiger partial charge in [-0.25, -0.2) is 14.2 Å². The molecule has 0 aliphatic carbocycles. The number of aryl methyl sites for hydroxylation is 1. The van der Waals surface area contributed by atoms with E-state index in [1.54, 1.807) is 13.0 Å². The second-order valence-electron chi connectivity index (χ2n) is 9.49. The number of aromatic nitrogens is 1. The van der Waals surface area contributed by atoms with Gasteiger partial charge in [-0.3, -0.25) is 0 Å². The molecule has 9 heteroatoms. The third-order valence-electron chi connectivity index (χ3n) is 6.87. The number of carbonyl (C=O) groups is 1. The first-order valence-electron chi connectivity index (χ1n) is 12.5. The summed E-state index contributed by atoms with van der Waals surface area (Å²) in [5.74, 6) is 0.807. The number of aliphatic hydroxyl groups excluding tert-OH is 1. The Kier molecular flexibility index (Phi) is 8.07. The van der Waals surface area contributed by atoms with Gasteiger partial charge in [0, 0.05) is 43.5 Å². The third kappa shape index (κ3) is 5.85. The monoisotopic (exact) mass is 485 g/mol. The van der Waals surface area contributed by atoms with Crippen LogP contribution in [0.15, 0.2) is 24.3 Å². The minimum Gasteiger partial charge on any atom is -0.394 e. The molecule has 35 heavy (non-hydrogen) atoms. The lowest BCUT2D eigenvalue weighted by molar-refractivity contribution is 0.122. The second kappa shape index (κ2) is 11.2. The summed E-state index contributed by atoms with van der Waals surface area (Å²) in [6.07, 6.45) is 2.09. The number of hydrogen-bond acceptors (Lipinski definition) is 6. The second-order valence-corrected chi connectivity index (χ2v) is 9.49. The molecule has 2 amide bonds. The van der Waals surface area contributed by atoms with Gasteiger partial charge in [-0.05, 0) is 55.5 Å². The Morgan fingerprint density at radius 3 is 2.71 bits per heavy atom. The van der Waals surface area contributed by atoms with Crippen LogP contribution in [0.2, 0.25) is 0 Å². The van der Waals surface area contributed by atoms with Crippen LogP contribution in [0.1, 0.15) is 32.3 Å². The van der Waals surface area contributed by atoms with Gasteiger partial charge >= 0.3 is 6.03 Å². The fourth-order valence-electron chi connectivity index (χ4n) is 4.58. The van der Waals surface area contributed by atoms with Gasteiger partial charge in [-0.1, -0.05) is 19.4 Å². The number of rotatable bonds is 7. The van der Waals surface area contributed by atoms with Gasteiger partial charge < -0.3 is 30.3 Å². The maximum absolute atomic E-state index is 15.8. The summed E-state index contributed by atoms with van der Waals surface area (Å²) in [6, 6.07) is 6.83. The maximum Gasteiger partial charge on any atom is 0.321 e. The van der Waals surface area contributed by atoms with E-state index >= 15 is 4.39 Å². The molecule has 2 aliphatic rings. The topological polar surface area (TPSA) is 90.0 Å². The number of carbonyl (C=O) groups excluding carboxylic acids is 1. The molecule has 190 valence electrons. The number of nitrogens with one attached hydrogen (secondary N) is 2. The quantitative estimate of drug-likeness (QED) is 0.547. The minimum absolute atomic E-state index is 0.0991. The number of nitrogens with zero attached hydrogens (tertiary/aromatic N) is 3. The molecule has 0 radical (unpaired) electrons. The molecule has 2 aromatic rings. The summed E-state index contributed by atoms with van der Waals surface area (Å²) < 4.78 is 21.2. The average molecular weight is 486 g/mol. The molecule has 2 fully saturated rings. The first-order valence-corrected chi connectivity index (χ1v) is 12.5. The molecule has 1 aromatic heterocycles. The van der Waals surface area contributed by atoms with Crippen molar-refractivity contribution in [2.75, 3.05) is 61.5 Å². The molecule has 0 saturated carbocycles. The molecule has 2 saturated heterocycles. The van der Waals surface area contributed by atoms with Crippen molar-refractivity contribution >= 4 is 23.4 Å². The Morgan fingerprint density at radius 2 is 2.03 bits per heavy atom. The molecule has 2 aliphatic heterocycles. The summed E-state index contributed by atoms with van der Waals surface area (Å²) in [6.45, 7) is 9.71. The largest absolute Gasteiger partial charge is 0.394 e. The highest BCUT2D eigenvalue weighted by atomic mass is 19.1. The van der Waals surface area contributed by atoms with Gasteiger partial charge in [-0.15, -0.1) is 0 Å². The summed E-state index contributed by atoms with van der Waals surface area (Å²) in [7, 11) is 0. The van der Waals surface area contributed by atoms with E-state index in [-0.39, 0.29) is 24.5 Å². The van der Waals surface area contributed by atoms with Crippen molar-refractivity contribution in [1.82, 2.24) is 9.88 Å². The van der Waals surface area contributed by atoms with Crippen molar-refractivity contribution in [1.29, 1.82) is 0 Å². The summed E-state index contributed by atoms with van der Waals surface area (Å²) in [5.41, 5.74) is 2.59. The third-order valence-corrected chi connectivity index (χ3v) is 6.87. The van der Waals surface area contributed by atoms with E-state index in [9.17, 15) is 9.90 Å². The van der Waals surface area contributed by atoms with Crippen molar-refractivity contribution in [3.63, 3.8) is 0 Å². The van der Waals surface area contributed by atoms with Crippen molar-refractivity contribution in [3.8, 4) is 11.1 Å². The maximum atomic E-state index is 15.8. The van der Waals surface area contributed by atoms with E-state index in [2.05, 4.69) is 27.4 Å². The Hall–Kier alpha value is -2.91. The lowest BCUT2D eigenvalue weighted by atomic mass is 9.99. The zero-order valence-electron chi connectivity index (χ0n) is 20.8. The number of urea groups is 1. The van der Waals surface area contributed by atoms with Crippen LogP contribution in [0.4, 0.5) is 26.5 Å².